The molecule has 0 aliphatic rings. The number of nitrogens with zero attached hydrogens (tertiary/aromatic N) is 1. The highest BCUT2D eigenvalue weighted by Gasteiger charge is 2.11. The fourth-order valence-corrected chi connectivity index (χ4v) is 1.29. The number of hydrogen-bond acceptors (Lipinski definition) is 4. The zero-order chi connectivity index (χ0) is 10.8. The van der Waals surface area contributed by atoms with Crippen LogP contribution in [0.2, 0.25) is 0 Å². The molecule has 5 heteroatoms. The average molecular weight is 204 g/mol. The number of fused-ring (bicyclic) bond motifs is 1. The molecule has 2 aromatic rings. The second-order valence-electron chi connectivity index (χ2n) is 2.97. The average Bonchev–Trinajstić information content (AvgIpc) is 2.70. The molecule has 15 heavy (non-hydrogen) atoms. The molecule has 0 aliphatic carbocycles. The number of H-pyrrole nitrogens is 1. The topological polar surface area (TPSA) is 72.0 Å². The number of aldehydes is 1. The Kier molecular flexibility index (Phi) is 2.21. The number of aromatic nitrogens is 2. The highest BCUT2D eigenvalue weighted by Crippen LogP contribution is 2.13. The molecule has 1 aromatic heterocycles. The summed E-state index contributed by atoms with van der Waals surface area (Å²) in [6.45, 7) is 0. The van der Waals surface area contributed by atoms with Crippen LogP contribution in [0.1, 0.15) is 21.0 Å². The first kappa shape index (κ1) is 9.39. The minimum Gasteiger partial charge on any atom is -0.463 e. The largest absolute Gasteiger partial charge is 0.463 e. The Hall–Kier alpha value is -2.17. The predicted molar refractivity (Wildman–Crippen MR) is 52.8 cm³/mol. The second kappa shape index (κ2) is 3.53. The van der Waals surface area contributed by atoms with E-state index in [1.165, 1.54) is 7.11 Å². The van der Waals surface area contributed by atoms with Gasteiger partial charge in [-0.1, -0.05) is 0 Å². The van der Waals surface area contributed by atoms with Gasteiger partial charge in [-0.05, 0) is 18.2 Å². The third-order valence-electron chi connectivity index (χ3n) is 2.02. The molecule has 1 heterocycles. The van der Waals surface area contributed by atoms with E-state index in [4.69, 9.17) is 0 Å². The van der Waals surface area contributed by atoms with E-state index in [0.717, 1.165) is 6.29 Å². The number of esters is 1. The zero-order valence-corrected chi connectivity index (χ0v) is 7.98. The number of ether oxygens (including phenoxy) is 1. The van der Waals surface area contributed by atoms with Crippen molar-refractivity contribution in [3.8, 4) is 0 Å². The molecule has 0 saturated carbocycles. The van der Waals surface area contributed by atoms with Crippen LogP contribution in [0.25, 0.3) is 11.0 Å². The van der Waals surface area contributed by atoms with Gasteiger partial charge >= 0.3 is 5.97 Å². The normalized spacial score (nSPS) is 10.2. The zero-order valence-electron chi connectivity index (χ0n) is 7.98. The summed E-state index contributed by atoms with van der Waals surface area (Å²) in [7, 11) is 1.28. The Morgan fingerprint density at radius 1 is 1.53 bits per heavy atom. The minimum absolute atomic E-state index is 0.135. The van der Waals surface area contributed by atoms with Gasteiger partial charge in [0.1, 0.15) is 6.29 Å². The minimum atomic E-state index is -0.529. The summed E-state index contributed by atoms with van der Waals surface area (Å²) in [5, 5.41) is 0. The monoisotopic (exact) mass is 204 g/mol. The van der Waals surface area contributed by atoms with Crippen LogP contribution in [-0.2, 0) is 4.74 Å². The van der Waals surface area contributed by atoms with Gasteiger partial charge in [-0.2, -0.15) is 0 Å². The fraction of sp³-hybridized carbons (Fsp3) is 0.100. The first-order valence-electron chi connectivity index (χ1n) is 4.28. The summed E-state index contributed by atoms with van der Waals surface area (Å²) in [5.74, 6) is -0.394. The molecule has 1 aromatic carbocycles. The molecule has 0 fully saturated rings. The van der Waals surface area contributed by atoms with Crippen LogP contribution in [0, 0.1) is 0 Å². The lowest BCUT2D eigenvalue weighted by atomic mass is 10.2. The van der Waals surface area contributed by atoms with E-state index >= 15 is 0 Å². The van der Waals surface area contributed by atoms with Crippen molar-refractivity contribution in [2.75, 3.05) is 7.11 Å². The summed E-state index contributed by atoms with van der Waals surface area (Å²) in [4.78, 5) is 28.5. The number of hydrogen-bond donors (Lipinski definition) is 1. The van der Waals surface area contributed by atoms with Gasteiger partial charge in [0.25, 0.3) is 0 Å². The number of aromatic amines is 1. The van der Waals surface area contributed by atoms with E-state index < -0.39 is 5.97 Å². The van der Waals surface area contributed by atoms with E-state index in [9.17, 15) is 9.59 Å². The molecule has 1 N–H and O–H groups in total. The van der Waals surface area contributed by atoms with E-state index in [-0.39, 0.29) is 5.82 Å². The molecule has 0 atom stereocenters. The Morgan fingerprint density at radius 3 is 3.00 bits per heavy atom. The number of carbonyl (C=O) groups is 2. The number of rotatable bonds is 2. The van der Waals surface area contributed by atoms with Gasteiger partial charge in [-0.15, -0.1) is 0 Å². The van der Waals surface area contributed by atoms with Crippen molar-refractivity contribution in [3.05, 3.63) is 29.6 Å². The van der Waals surface area contributed by atoms with Crippen LogP contribution >= 0.6 is 0 Å². The van der Waals surface area contributed by atoms with Crippen LogP contribution in [0.4, 0.5) is 0 Å². The highest BCUT2D eigenvalue weighted by molar-refractivity contribution is 5.91. The van der Waals surface area contributed by atoms with E-state index in [1.54, 1.807) is 18.2 Å². The van der Waals surface area contributed by atoms with Crippen LogP contribution in [0.5, 0.6) is 0 Å². The first-order chi connectivity index (χ1) is 7.24. The van der Waals surface area contributed by atoms with E-state index in [1.807, 2.05) is 0 Å². The summed E-state index contributed by atoms with van der Waals surface area (Å²) in [5.41, 5.74) is 1.79. The quantitative estimate of drug-likeness (QED) is 0.588. The molecular weight excluding hydrogens is 196 g/mol. The lowest BCUT2D eigenvalue weighted by molar-refractivity contribution is 0.0588. The van der Waals surface area contributed by atoms with Crippen LogP contribution < -0.4 is 0 Å². The summed E-state index contributed by atoms with van der Waals surface area (Å²) in [6, 6.07) is 4.93. The highest BCUT2D eigenvalue weighted by atomic mass is 16.5. The number of methoxy groups -OCH3 is 1. The lowest BCUT2D eigenvalue weighted by Crippen LogP contribution is -2.02. The summed E-state index contributed by atoms with van der Waals surface area (Å²) >= 11 is 0. The maximum absolute atomic E-state index is 11.2. The Morgan fingerprint density at radius 2 is 2.33 bits per heavy atom. The maximum atomic E-state index is 11.2. The number of benzene rings is 1. The molecule has 0 aliphatic heterocycles. The number of imidazole rings is 1. The molecule has 0 spiro atoms. The van der Waals surface area contributed by atoms with Crippen molar-refractivity contribution in [3.63, 3.8) is 0 Å². The van der Waals surface area contributed by atoms with Gasteiger partial charge in [0.2, 0.25) is 5.82 Å². The van der Waals surface area contributed by atoms with Gasteiger partial charge in [-0.3, -0.25) is 4.79 Å². The third-order valence-corrected chi connectivity index (χ3v) is 2.02. The van der Waals surface area contributed by atoms with Crippen molar-refractivity contribution < 1.29 is 14.3 Å². The molecule has 2 rings (SSSR count). The van der Waals surface area contributed by atoms with Gasteiger partial charge < -0.3 is 9.72 Å². The smallest absolute Gasteiger partial charge is 0.374 e. The van der Waals surface area contributed by atoms with Gasteiger partial charge in [0.15, 0.2) is 0 Å². The van der Waals surface area contributed by atoms with Crippen LogP contribution in [0.3, 0.4) is 0 Å². The predicted octanol–water partition coefficient (Wildman–Crippen LogP) is 1.16. The molecule has 0 bridgehead atoms. The Bertz CT molecular complexity index is 530. The van der Waals surface area contributed by atoms with Crippen molar-refractivity contribution >= 4 is 23.3 Å². The summed E-state index contributed by atoms with van der Waals surface area (Å²) in [6.07, 6.45) is 0.734. The maximum Gasteiger partial charge on any atom is 0.374 e. The standard InChI is InChI=1S/C10H8N2O3/c1-15-10(14)9-11-7-3-2-6(5-13)4-8(7)12-9/h2-5H,1H3,(H,11,12). The van der Waals surface area contributed by atoms with Gasteiger partial charge in [0.05, 0.1) is 18.1 Å². The number of nitrogens with one attached hydrogen (secondary N) is 1. The van der Waals surface area contributed by atoms with Gasteiger partial charge in [-0.25, -0.2) is 9.78 Å². The molecule has 0 amide bonds. The summed E-state index contributed by atoms with van der Waals surface area (Å²) < 4.78 is 4.52. The first-order valence-corrected chi connectivity index (χ1v) is 4.28. The van der Waals surface area contributed by atoms with Crippen molar-refractivity contribution in [2.24, 2.45) is 0 Å². The molecule has 5 nitrogen and oxygen atoms in total. The second-order valence-corrected chi connectivity index (χ2v) is 2.97. The van der Waals surface area contributed by atoms with Crippen molar-refractivity contribution in [1.29, 1.82) is 0 Å². The Balaban J connectivity index is 2.55. The van der Waals surface area contributed by atoms with Crippen molar-refractivity contribution in [2.45, 2.75) is 0 Å². The Labute approximate surface area is 85.1 Å². The molecule has 76 valence electrons. The third kappa shape index (κ3) is 1.59. The van der Waals surface area contributed by atoms with E-state index in [2.05, 4.69) is 14.7 Å². The van der Waals surface area contributed by atoms with Crippen molar-refractivity contribution in [1.82, 2.24) is 9.97 Å². The molecular formula is C10H8N2O3. The van der Waals surface area contributed by atoms with Crippen LogP contribution in [-0.4, -0.2) is 29.3 Å². The lowest BCUT2D eigenvalue weighted by Gasteiger charge is -1.90. The van der Waals surface area contributed by atoms with Crippen LogP contribution in [0.15, 0.2) is 18.2 Å². The molecule has 0 unspecified atom stereocenters. The number of carbonyl (C=O) groups excluding carboxylic acids is 2. The molecule has 0 saturated heterocycles. The van der Waals surface area contributed by atoms with Gasteiger partial charge in [0, 0.05) is 5.56 Å². The SMILES string of the molecule is COC(=O)c1nc2ccc(C=O)cc2[nH]1. The molecule has 0 radical (unpaired) electrons. The van der Waals surface area contributed by atoms with E-state index in [0.29, 0.717) is 16.6 Å². The fourth-order valence-electron chi connectivity index (χ4n) is 1.29.